The fourth-order valence-corrected chi connectivity index (χ4v) is 4.94. The van der Waals surface area contributed by atoms with E-state index in [0.717, 1.165) is 31.6 Å². The summed E-state index contributed by atoms with van der Waals surface area (Å²) in [5.41, 5.74) is 1.44. The molecule has 2 N–H and O–H groups in total. The molecular formula is C24H31N3O3S. The Balaban J connectivity index is 1.17. The SMILES string of the molecule is O=C(CN1CCC(OC2CCCCC2)CC1)Nc1ccc(NC(=O)c2cccs2)cc1. The van der Waals surface area contributed by atoms with Crippen molar-refractivity contribution >= 4 is 34.5 Å². The highest BCUT2D eigenvalue weighted by atomic mass is 32.1. The topological polar surface area (TPSA) is 70.7 Å². The predicted octanol–water partition coefficient (Wildman–Crippen LogP) is 4.75. The Morgan fingerprint density at radius 1 is 0.903 bits per heavy atom. The number of likely N-dealkylation sites (tertiary alicyclic amines) is 1. The molecule has 2 aliphatic rings. The zero-order valence-electron chi connectivity index (χ0n) is 17.8. The minimum atomic E-state index is -0.123. The fraction of sp³-hybridized carbons (Fsp3) is 0.500. The molecule has 7 heteroatoms. The van der Waals surface area contributed by atoms with Crippen molar-refractivity contribution in [3.63, 3.8) is 0 Å². The van der Waals surface area contributed by atoms with Gasteiger partial charge < -0.3 is 15.4 Å². The third kappa shape index (κ3) is 6.63. The monoisotopic (exact) mass is 441 g/mol. The Hall–Kier alpha value is -2.22. The first-order valence-corrected chi connectivity index (χ1v) is 12.2. The molecule has 2 fully saturated rings. The number of hydrogen-bond acceptors (Lipinski definition) is 5. The van der Waals surface area contributed by atoms with Crippen molar-refractivity contribution in [3.05, 3.63) is 46.7 Å². The van der Waals surface area contributed by atoms with Gasteiger partial charge in [0.15, 0.2) is 0 Å². The van der Waals surface area contributed by atoms with Crippen molar-refractivity contribution in [2.45, 2.75) is 57.2 Å². The lowest BCUT2D eigenvalue weighted by Crippen LogP contribution is -2.42. The van der Waals surface area contributed by atoms with Gasteiger partial charge in [0.05, 0.1) is 23.6 Å². The maximum absolute atomic E-state index is 12.4. The van der Waals surface area contributed by atoms with Crippen LogP contribution in [-0.4, -0.2) is 48.6 Å². The van der Waals surface area contributed by atoms with Gasteiger partial charge >= 0.3 is 0 Å². The van der Waals surface area contributed by atoms with E-state index in [4.69, 9.17) is 4.74 Å². The average Bonchev–Trinajstić information content (AvgIpc) is 3.32. The van der Waals surface area contributed by atoms with Gasteiger partial charge in [-0.3, -0.25) is 14.5 Å². The molecule has 2 aromatic rings. The zero-order valence-corrected chi connectivity index (χ0v) is 18.7. The van der Waals surface area contributed by atoms with Crippen LogP contribution in [0.25, 0.3) is 0 Å². The number of hydrogen-bond donors (Lipinski definition) is 2. The van der Waals surface area contributed by atoms with E-state index in [0.29, 0.717) is 29.3 Å². The molecule has 0 atom stereocenters. The average molecular weight is 442 g/mol. The maximum atomic E-state index is 12.4. The van der Waals surface area contributed by atoms with Crippen LogP contribution in [-0.2, 0) is 9.53 Å². The largest absolute Gasteiger partial charge is 0.375 e. The Morgan fingerprint density at radius 2 is 1.55 bits per heavy atom. The first-order valence-electron chi connectivity index (χ1n) is 11.3. The summed E-state index contributed by atoms with van der Waals surface area (Å²) in [7, 11) is 0. The number of amides is 2. The molecule has 1 saturated heterocycles. The van der Waals surface area contributed by atoms with Crippen LogP contribution in [0.4, 0.5) is 11.4 Å². The first kappa shape index (κ1) is 22.0. The number of nitrogens with zero attached hydrogens (tertiary/aromatic N) is 1. The van der Waals surface area contributed by atoms with E-state index in [1.165, 1.54) is 43.4 Å². The van der Waals surface area contributed by atoms with Crippen molar-refractivity contribution in [3.8, 4) is 0 Å². The van der Waals surface area contributed by atoms with Gasteiger partial charge in [-0.1, -0.05) is 25.3 Å². The summed E-state index contributed by atoms with van der Waals surface area (Å²) in [6.07, 6.45) is 9.16. The van der Waals surface area contributed by atoms with Crippen molar-refractivity contribution in [2.24, 2.45) is 0 Å². The van der Waals surface area contributed by atoms with Crippen LogP contribution in [0.5, 0.6) is 0 Å². The second-order valence-electron chi connectivity index (χ2n) is 8.43. The number of carbonyl (C=O) groups is 2. The number of rotatable bonds is 7. The summed E-state index contributed by atoms with van der Waals surface area (Å²) in [4.78, 5) is 27.4. The Kier molecular flexibility index (Phi) is 7.72. The van der Waals surface area contributed by atoms with Gasteiger partial charge in [-0.15, -0.1) is 11.3 Å². The summed E-state index contributed by atoms with van der Waals surface area (Å²) in [5, 5.41) is 7.69. The number of thiophene rings is 1. The highest BCUT2D eigenvalue weighted by molar-refractivity contribution is 7.12. The van der Waals surface area contributed by atoms with E-state index in [9.17, 15) is 9.59 Å². The molecule has 6 nitrogen and oxygen atoms in total. The highest BCUT2D eigenvalue weighted by Gasteiger charge is 2.24. The van der Waals surface area contributed by atoms with E-state index >= 15 is 0 Å². The van der Waals surface area contributed by atoms with Gasteiger partial charge in [0.1, 0.15) is 0 Å². The highest BCUT2D eigenvalue weighted by Crippen LogP contribution is 2.24. The van der Waals surface area contributed by atoms with Crippen LogP contribution < -0.4 is 10.6 Å². The minimum absolute atomic E-state index is 0.0120. The second-order valence-corrected chi connectivity index (χ2v) is 9.38. The summed E-state index contributed by atoms with van der Waals surface area (Å²) in [6, 6.07) is 10.9. The van der Waals surface area contributed by atoms with Gasteiger partial charge in [-0.05, 0) is 61.4 Å². The number of anilines is 2. The van der Waals surface area contributed by atoms with Crippen molar-refractivity contribution in [2.75, 3.05) is 30.3 Å². The summed E-state index contributed by atoms with van der Waals surface area (Å²) < 4.78 is 6.29. The van der Waals surface area contributed by atoms with Crippen LogP contribution in [0.15, 0.2) is 41.8 Å². The third-order valence-electron chi connectivity index (χ3n) is 6.01. The van der Waals surface area contributed by atoms with Crippen molar-refractivity contribution < 1.29 is 14.3 Å². The van der Waals surface area contributed by atoms with Crippen molar-refractivity contribution in [1.82, 2.24) is 4.90 Å². The Bertz CT molecular complexity index is 839. The lowest BCUT2D eigenvalue weighted by molar-refractivity contribution is -0.118. The van der Waals surface area contributed by atoms with E-state index in [1.54, 1.807) is 18.2 Å². The quantitative estimate of drug-likeness (QED) is 0.650. The molecule has 0 unspecified atom stereocenters. The van der Waals surface area contributed by atoms with E-state index in [1.807, 2.05) is 23.6 Å². The summed E-state index contributed by atoms with van der Waals surface area (Å²) in [5.74, 6) is -0.135. The third-order valence-corrected chi connectivity index (χ3v) is 6.88. The van der Waals surface area contributed by atoms with E-state index < -0.39 is 0 Å². The van der Waals surface area contributed by atoms with E-state index in [-0.39, 0.29) is 11.8 Å². The van der Waals surface area contributed by atoms with Crippen LogP contribution in [0.3, 0.4) is 0 Å². The molecule has 1 saturated carbocycles. The van der Waals surface area contributed by atoms with Crippen LogP contribution >= 0.6 is 11.3 Å². The number of piperidine rings is 1. The predicted molar refractivity (Wildman–Crippen MR) is 125 cm³/mol. The normalized spacial score (nSPS) is 18.6. The lowest BCUT2D eigenvalue weighted by atomic mass is 9.97. The van der Waals surface area contributed by atoms with Crippen LogP contribution in [0, 0.1) is 0 Å². The molecule has 0 radical (unpaired) electrons. The van der Waals surface area contributed by atoms with Crippen LogP contribution in [0.2, 0.25) is 0 Å². The molecular weight excluding hydrogens is 410 g/mol. The zero-order chi connectivity index (χ0) is 21.5. The smallest absolute Gasteiger partial charge is 0.265 e. The molecule has 4 rings (SSSR count). The van der Waals surface area contributed by atoms with Gasteiger partial charge in [0, 0.05) is 24.5 Å². The molecule has 31 heavy (non-hydrogen) atoms. The number of ether oxygens (including phenoxy) is 1. The molecule has 166 valence electrons. The number of nitrogens with one attached hydrogen (secondary N) is 2. The molecule has 2 amide bonds. The molecule has 1 aromatic heterocycles. The van der Waals surface area contributed by atoms with Crippen LogP contribution in [0.1, 0.15) is 54.6 Å². The minimum Gasteiger partial charge on any atom is -0.375 e. The fourth-order valence-electron chi connectivity index (χ4n) is 4.32. The van der Waals surface area contributed by atoms with Gasteiger partial charge in [-0.25, -0.2) is 0 Å². The first-order chi connectivity index (χ1) is 15.2. The van der Waals surface area contributed by atoms with Crippen molar-refractivity contribution in [1.29, 1.82) is 0 Å². The van der Waals surface area contributed by atoms with E-state index in [2.05, 4.69) is 15.5 Å². The molecule has 2 heterocycles. The Morgan fingerprint density at radius 3 is 2.19 bits per heavy atom. The molecule has 1 aliphatic carbocycles. The number of carbonyl (C=O) groups excluding carboxylic acids is 2. The maximum Gasteiger partial charge on any atom is 0.265 e. The molecule has 0 bridgehead atoms. The molecule has 0 spiro atoms. The molecule has 1 aromatic carbocycles. The van der Waals surface area contributed by atoms with Gasteiger partial charge in [0.25, 0.3) is 5.91 Å². The van der Waals surface area contributed by atoms with Gasteiger partial charge in [-0.2, -0.15) is 0 Å². The second kappa shape index (κ2) is 10.9. The lowest BCUT2D eigenvalue weighted by Gasteiger charge is -2.34. The summed E-state index contributed by atoms with van der Waals surface area (Å²) in [6.45, 7) is 2.20. The Labute approximate surface area is 188 Å². The number of benzene rings is 1. The molecule has 1 aliphatic heterocycles. The standard InChI is InChI=1S/C24H31N3O3S/c28-23(17-27-14-12-21(13-15-27)30-20-5-2-1-3-6-20)25-18-8-10-19(11-9-18)26-24(29)22-7-4-16-31-22/h4,7-11,16,20-21H,1-3,5-6,12-15,17H2,(H,25,28)(H,26,29). The van der Waals surface area contributed by atoms with Gasteiger partial charge in [0.2, 0.25) is 5.91 Å². The summed E-state index contributed by atoms with van der Waals surface area (Å²) >= 11 is 1.41.